The number of H-pyrrole nitrogens is 2. The van der Waals surface area contributed by atoms with Crippen LogP contribution in [0.5, 0.6) is 0 Å². The highest BCUT2D eigenvalue weighted by Crippen LogP contribution is 2.19. The number of fused-ring (bicyclic) bond motifs is 1. The number of guanidine groups is 1. The minimum Gasteiger partial charge on any atom is -0.480 e. The molecule has 0 saturated carbocycles. The molecule has 0 fully saturated rings. The number of benzene rings is 1. The van der Waals surface area contributed by atoms with Gasteiger partial charge in [-0.1, -0.05) is 18.2 Å². The number of para-hydroxylation sites is 1. The van der Waals surface area contributed by atoms with Crippen molar-refractivity contribution in [2.24, 2.45) is 22.2 Å². The molecule has 2 aromatic heterocycles. The molecule has 16 nitrogen and oxygen atoms in total. The van der Waals surface area contributed by atoms with E-state index in [1.165, 1.54) is 12.5 Å². The van der Waals surface area contributed by atoms with E-state index in [1.807, 2.05) is 24.3 Å². The van der Waals surface area contributed by atoms with Gasteiger partial charge in [0.25, 0.3) is 0 Å². The van der Waals surface area contributed by atoms with Crippen LogP contribution in [0.2, 0.25) is 0 Å². The van der Waals surface area contributed by atoms with Crippen molar-refractivity contribution in [1.82, 2.24) is 30.9 Å². The topological polar surface area (TPSA) is 280 Å². The zero-order valence-corrected chi connectivity index (χ0v) is 22.7. The lowest BCUT2D eigenvalue weighted by atomic mass is 10.0. The van der Waals surface area contributed by atoms with Crippen molar-refractivity contribution < 1.29 is 29.4 Å². The largest absolute Gasteiger partial charge is 0.480 e. The van der Waals surface area contributed by atoms with Gasteiger partial charge < -0.3 is 53.3 Å². The number of amides is 3. The van der Waals surface area contributed by atoms with E-state index in [4.69, 9.17) is 17.2 Å². The van der Waals surface area contributed by atoms with E-state index in [-0.39, 0.29) is 31.8 Å². The molecular weight excluding hydrogens is 548 g/mol. The number of aromatic nitrogens is 3. The molecule has 1 aromatic carbocycles. The lowest BCUT2D eigenvalue weighted by Crippen LogP contribution is -2.58. The van der Waals surface area contributed by atoms with Gasteiger partial charge in [-0.3, -0.25) is 19.4 Å². The molecule has 226 valence electrons. The van der Waals surface area contributed by atoms with Crippen molar-refractivity contribution in [2.45, 2.75) is 49.9 Å². The highest BCUT2D eigenvalue weighted by Gasteiger charge is 2.31. The van der Waals surface area contributed by atoms with Crippen molar-refractivity contribution in [3.05, 3.63) is 54.2 Å². The van der Waals surface area contributed by atoms with E-state index in [0.717, 1.165) is 10.9 Å². The van der Waals surface area contributed by atoms with E-state index in [0.29, 0.717) is 17.7 Å². The number of hydrogen-bond acceptors (Lipinski definition) is 8. The first-order valence-corrected chi connectivity index (χ1v) is 13.2. The lowest BCUT2D eigenvalue weighted by Gasteiger charge is -2.24. The number of aliphatic hydroxyl groups excluding tert-OH is 1. The molecule has 3 rings (SSSR count). The Morgan fingerprint density at radius 2 is 1.64 bits per heavy atom. The number of aromatic amines is 2. The third-order valence-corrected chi connectivity index (χ3v) is 6.45. The molecule has 0 bridgehead atoms. The molecule has 0 saturated heterocycles. The molecular formula is C26H36N10O6. The zero-order valence-electron chi connectivity index (χ0n) is 22.7. The van der Waals surface area contributed by atoms with Gasteiger partial charge in [0, 0.05) is 48.4 Å². The maximum Gasteiger partial charge on any atom is 0.326 e. The van der Waals surface area contributed by atoms with Crippen LogP contribution in [0.15, 0.2) is 48.0 Å². The van der Waals surface area contributed by atoms with Crippen molar-refractivity contribution in [3.8, 4) is 0 Å². The Morgan fingerprint density at radius 3 is 2.31 bits per heavy atom. The van der Waals surface area contributed by atoms with Gasteiger partial charge in [-0.2, -0.15) is 0 Å². The van der Waals surface area contributed by atoms with Crippen LogP contribution in [-0.4, -0.2) is 92.1 Å². The minimum absolute atomic E-state index is 0.0274. The highest BCUT2D eigenvalue weighted by atomic mass is 16.4. The fraction of sp³-hybridized carbons (Fsp3) is 0.385. The van der Waals surface area contributed by atoms with Gasteiger partial charge in [0.15, 0.2) is 5.96 Å². The quantitative estimate of drug-likeness (QED) is 0.0483. The number of rotatable bonds is 16. The van der Waals surface area contributed by atoms with Crippen molar-refractivity contribution in [2.75, 3.05) is 13.2 Å². The SMILES string of the molecule is NC(N)=NCCCC(N)C(=O)NC(Cc1c[nH]c2ccccc12)C(=O)NC(CO)C(=O)NC(Cc1cnc[nH]1)C(=O)O. The number of carboxylic acid groups (broad SMARTS) is 1. The predicted molar refractivity (Wildman–Crippen MR) is 153 cm³/mol. The Kier molecular flexibility index (Phi) is 11.4. The number of nitrogens with one attached hydrogen (secondary N) is 5. The fourth-order valence-electron chi connectivity index (χ4n) is 4.21. The molecule has 2 heterocycles. The number of carboxylic acids is 1. The Morgan fingerprint density at radius 1 is 0.952 bits per heavy atom. The molecule has 0 radical (unpaired) electrons. The molecule has 0 aliphatic rings. The number of aliphatic carboxylic acids is 1. The average molecular weight is 585 g/mol. The van der Waals surface area contributed by atoms with E-state index >= 15 is 0 Å². The van der Waals surface area contributed by atoms with E-state index in [9.17, 15) is 29.4 Å². The summed E-state index contributed by atoms with van der Waals surface area (Å²) < 4.78 is 0. The molecule has 13 N–H and O–H groups in total. The number of hydrogen-bond donors (Lipinski definition) is 10. The summed E-state index contributed by atoms with van der Waals surface area (Å²) in [6.45, 7) is -0.556. The first-order valence-electron chi connectivity index (χ1n) is 13.2. The van der Waals surface area contributed by atoms with Crippen molar-refractivity contribution in [3.63, 3.8) is 0 Å². The third kappa shape index (κ3) is 9.03. The molecule has 0 spiro atoms. The van der Waals surface area contributed by atoms with Crippen molar-refractivity contribution in [1.29, 1.82) is 0 Å². The summed E-state index contributed by atoms with van der Waals surface area (Å²) in [7, 11) is 0. The van der Waals surface area contributed by atoms with Crippen LogP contribution < -0.4 is 33.2 Å². The predicted octanol–water partition coefficient (Wildman–Crippen LogP) is -2.41. The summed E-state index contributed by atoms with van der Waals surface area (Å²) in [4.78, 5) is 64.5. The van der Waals surface area contributed by atoms with E-state index < -0.39 is 54.5 Å². The van der Waals surface area contributed by atoms with Gasteiger partial charge in [0.05, 0.1) is 19.0 Å². The number of nitrogens with two attached hydrogens (primary N) is 3. The van der Waals surface area contributed by atoms with Crippen LogP contribution in [0.3, 0.4) is 0 Å². The van der Waals surface area contributed by atoms with E-state index in [1.54, 1.807) is 6.20 Å². The monoisotopic (exact) mass is 584 g/mol. The van der Waals surface area contributed by atoms with Crippen molar-refractivity contribution >= 4 is 40.6 Å². The average Bonchev–Trinajstić information content (AvgIpc) is 3.62. The molecule has 16 heteroatoms. The number of imidazole rings is 1. The summed E-state index contributed by atoms with van der Waals surface area (Å²) in [5.74, 6) is -3.72. The van der Waals surface area contributed by atoms with Crippen LogP contribution >= 0.6 is 0 Å². The first-order chi connectivity index (χ1) is 20.1. The number of carbonyl (C=O) groups excluding carboxylic acids is 3. The van der Waals surface area contributed by atoms with Gasteiger partial charge in [-0.05, 0) is 24.5 Å². The second-order valence-electron chi connectivity index (χ2n) is 9.60. The van der Waals surface area contributed by atoms with Gasteiger partial charge in [0.2, 0.25) is 17.7 Å². The number of nitrogens with zero attached hydrogens (tertiary/aromatic N) is 2. The Hall–Kier alpha value is -4.96. The van der Waals surface area contributed by atoms with Gasteiger partial charge in [-0.15, -0.1) is 0 Å². The minimum atomic E-state index is -1.50. The first kappa shape index (κ1) is 31.6. The molecule has 4 unspecified atom stereocenters. The summed E-state index contributed by atoms with van der Waals surface area (Å²) >= 11 is 0. The molecule has 0 aliphatic carbocycles. The Labute approximate surface area is 240 Å². The Bertz CT molecular complexity index is 1390. The number of aliphatic imine (C=N–C) groups is 1. The molecule has 4 atom stereocenters. The fourth-order valence-corrected chi connectivity index (χ4v) is 4.21. The summed E-state index contributed by atoms with van der Waals surface area (Å²) in [6.07, 6.45) is 5.06. The van der Waals surface area contributed by atoms with Crippen LogP contribution in [0, 0.1) is 0 Å². The Balaban J connectivity index is 1.73. The second kappa shape index (κ2) is 15.2. The molecule has 42 heavy (non-hydrogen) atoms. The standard InChI is InChI=1S/C26H36N10O6/c27-17(5-3-7-31-26(28)29)22(38)34-19(8-14-10-32-18-6-2-1-4-16(14)18)23(39)36-21(12-37)24(40)35-20(25(41)42)9-15-11-30-13-33-15/h1-2,4,6,10-11,13,17,19-21,32,37H,3,5,7-9,12,27H2,(H,30,33)(H,34,38)(H,35,40)(H,36,39)(H,41,42)(H4,28,29,31). The molecule has 0 aliphatic heterocycles. The van der Waals surface area contributed by atoms with E-state index in [2.05, 4.69) is 35.9 Å². The van der Waals surface area contributed by atoms with Crippen LogP contribution in [-0.2, 0) is 32.0 Å². The van der Waals surface area contributed by atoms with Crippen LogP contribution in [0.4, 0.5) is 0 Å². The lowest BCUT2D eigenvalue weighted by molar-refractivity contribution is -0.142. The molecule has 3 amide bonds. The van der Waals surface area contributed by atoms with Crippen LogP contribution in [0.1, 0.15) is 24.1 Å². The summed E-state index contributed by atoms with van der Waals surface area (Å²) in [5, 5.41) is 27.6. The number of carbonyl (C=O) groups is 4. The van der Waals surface area contributed by atoms with Crippen LogP contribution in [0.25, 0.3) is 10.9 Å². The maximum absolute atomic E-state index is 13.4. The molecule has 3 aromatic rings. The summed E-state index contributed by atoms with van der Waals surface area (Å²) in [6, 6.07) is 2.34. The number of aliphatic hydroxyl groups is 1. The van der Waals surface area contributed by atoms with Gasteiger partial charge in [-0.25, -0.2) is 9.78 Å². The smallest absolute Gasteiger partial charge is 0.326 e. The highest BCUT2D eigenvalue weighted by molar-refractivity contribution is 5.95. The third-order valence-electron chi connectivity index (χ3n) is 6.45. The maximum atomic E-state index is 13.4. The summed E-state index contributed by atoms with van der Waals surface area (Å²) in [5.41, 5.74) is 18.6. The van der Waals surface area contributed by atoms with Gasteiger partial charge >= 0.3 is 5.97 Å². The van der Waals surface area contributed by atoms with Gasteiger partial charge in [0.1, 0.15) is 18.1 Å². The normalized spacial score (nSPS) is 13.9. The zero-order chi connectivity index (χ0) is 30.6. The second-order valence-corrected chi connectivity index (χ2v) is 9.60.